The van der Waals surface area contributed by atoms with Gasteiger partial charge in [-0.1, -0.05) is 30.3 Å². The van der Waals surface area contributed by atoms with Gasteiger partial charge in [-0.05, 0) is 42.7 Å². The van der Waals surface area contributed by atoms with Crippen LogP contribution in [0.25, 0.3) is 0 Å². The first-order valence-corrected chi connectivity index (χ1v) is 12.2. The van der Waals surface area contributed by atoms with Crippen LogP contribution in [0.2, 0.25) is 0 Å². The van der Waals surface area contributed by atoms with Crippen LogP contribution in [-0.4, -0.2) is 55.8 Å². The molecule has 1 aliphatic heterocycles. The lowest BCUT2D eigenvalue weighted by atomic mass is 9.99. The van der Waals surface area contributed by atoms with Crippen LogP contribution in [0.4, 0.5) is 4.39 Å². The molecule has 3 N–H and O–H groups in total. The molecule has 0 bridgehead atoms. The fraction of sp³-hybridized carbons (Fsp3) is 0.391. The third-order valence-corrected chi connectivity index (χ3v) is 7.41. The van der Waals surface area contributed by atoms with E-state index in [1.807, 2.05) is 6.07 Å². The lowest BCUT2D eigenvalue weighted by molar-refractivity contribution is -0.126. The number of benzene rings is 2. The first-order valence-electron chi connectivity index (χ1n) is 10.8. The number of aliphatic hydroxyl groups is 1. The van der Waals surface area contributed by atoms with Crippen LogP contribution in [0.3, 0.4) is 0 Å². The van der Waals surface area contributed by atoms with Gasteiger partial charge in [0.05, 0.1) is 16.9 Å². The quantitative estimate of drug-likeness (QED) is 0.507. The molecule has 8 nitrogen and oxygen atoms in total. The van der Waals surface area contributed by atoms with Crippen molar-refractivity contribution in [1.29, 1.82) is 0 Å². The van der Waals surface area contributed by atoms with E-state index in [2.05, 4.69) is 10.6 Å². The number of rotatable bonds is 9. The Balaban J connectivity index is 1.43. The molecule has 0 radical (unpaired) electrons. The molecule has 178 valence electrons. The van der Waals surface area contributed by atoms with Gasteiger partial charge in [-0.3, -0.25) is 9.59 Å². The van der Waals surface area contributed by atoms with Crippen molar-refractivity contribution in [1.82, 2.24) is 14.9 Å². The van der Waals surface area contributed by atoms with Gasteiger partial charge in [0.2, 0.25) is 21.8 Å². The van der Waals surface area contributed by atoms with Gasteiger partial charge in [0.25, 0.3) is 0 Å². The summed E-state index contributed by atoms with van der Waals surface area (Å²) in [6.45, 7) is 0.486. The fourth-order valence-electron chi connectivity index (χ4n) is 3.67. The van der Waals surface area contributed by atoms with Gasteiger partial charge < -0.3 is 15.7 Å². The third-order valence-electron chi connectivity index (χ3n) is 5.53. The van der Waals surface area contributed by atoms with Crippen molar-refractivity contribution < 1.29 is 27.5 Å². The highest BCUT2D eigenvalue weighted by atomic mass is 32.2. The molecule has 2 aromatic carbocycles. The second-order valence-electron chi connectivity index (χ2n) is 7.93. The topological polar surface area (TPSA) is 116 Å². The molecule has 0 aromatic heterocycles. The molecule has 2 atom stereocenters. The summed E-state index contributed by atoms with van der Waals surface area (Å²) in [6.07, 6.45) is 0.283. The van der Waals surface area contributed by atoms with Gasteiger partial charge in [0.15, 0.2) is 0 Å². The van der Waals surface area contributed by atoms with Crippen molar-refractivity contribution in [2.75, 3.05) is 26.2 Å². The summed E-state index contributed by atoms with van der Waals surface area (Å²) in [7, 11) is -3.82. The number of nitrogens with zero attached hydrogens (tertiary/aromatic N) is 1. The van der Waals surface area contributed by atoms with Crippen LogP contribution >= 0.6 is 0 Å². The molecule has 2 amide bonds. The summed E-state index contributed by atoms with van der Waals surface area (Å²) in [5.74, 6) is -1.68. The van der Waals surface area contributed by atoms with E-state index < -0.39 is 27.9 Å². The predicted octanol–water partition coefficient (Wildman–Crippen LogP) is 1.58. The first kappa shape index (κ1) is 24.8. The minimum atomic E-state index is -3.82. The normalized spacial score (nSPS) is 17.8. The lowest BCUT2D eigenvalue weighted by Gasteiger charge is -2.31. The van der Waals surface area contributed by atoms with Crippen LogP contribution < -0.4 is 10.6 Å². The minimum absolute atomic E-state index is 0.0145. The smallest absolute Gasteiger partial charge is 0.243 e. The second-order valence-corrected chi connectivity index (χ2v) is 9.87. The van der Waals surface area contributed by atoms with E-state index >= 15 is 0 Å². The molecule has 0 aliphatic carbocycles. The van der Waals surface area contributed by atoms with Crippen molar-refractivity contribution >= 4 is 21.8 Å². The Morgan fingerprint density at radius 2 is 1.79 bits per heavy atom. The monoisotopic (exact) mass is 477 g/mol. The van der Waals surface area contributed by atoms with E-state index in [0.29, 0.717) is 18.4 Å². The van der Waals surface area contributed by atoms with Crippen LogP contribution in [0.5, 0.6) is 0 Å². The Morgan fingerprint density at radius 1 is 1.09 bits per heavy atom. The third kappa shape index (κ3) is 6.83. The summed E-state index contributed by atoms with van der Waals surface area (Å²) in [4.78, 5) is 24.5. The van der Waals surface area contributed by atoms with Gasteiger partial charge in [0.1, 0.15) is 5.82 Å². The highest BCUT2D eigenvalue weighted by Crippen LogP contribution is 2.24. The number of hydrogen-bond acceptors (Lipinski definition) is 5. The SMILES string of the molecule is O=C(CCNC(=O)[C@@H]1CCCN(S(=O)(=O)c2ccc(F)cc2)C1)NC[C@@H](O)c1ccccc1. The number of carbonyl (C=O) groups is 2. The average molecular weight is 478 g/mol. The van der Waals surface area contributed by atoms with Crippen molar-refractivity contribution in [3.05, 3.63) is 66.0 Å². The Kier molecular flexibility index (Phi) is 8.54. The summed E-state index contributed by atoms with van der Waals surface area (Å²) in [5, 5.41) is 15.4. The van der Waals surface area contributed by atoms with Crippen molar-refractivity contribution in [2.24, 2.45) is 5.92 Å². The van der Waals surface area contributed by atoms with Gasteiger partial charge >= 0.3 is 0 Å². The molecule has 1 fully saturated rings. The Hall–Kier alpha value is -2.82. The number of amides is 2. The average Bonchev–Trinajstić information content (AvgIpc) is 2.83. The highest BCUT2D eigenvalue weighted by molar-refractivity contribution is 7.89. The number of hydrogen-bond donors (Lipinski definition) is 3. The van der Waals surface area contributed by atoms with Gasteiger partial charge in [-0.25, -0.2) is 12.8 Å². The van der Waals surface area contributed by atoms with Crippen molar-refractivity contribution in [3.8, 4) is 0 Å². The summed E-state index contributed by atoms with van der Waals surface area (Å²) in [5.41, 5.74) is 0.698. The Bertz CT molecular complexity index is 1050. The molecule has 10 heteroatoms. The zero-order valence-corrected chi connectivity index (χ0v) is 18.9. The maximum atomic E-state index is 13.1. The maximum Gasteiger partial charge on any atom is 0.243 e. The molecule has 2 aromatic rings. The number of sulfonamides is 1. The first-order chi connectivity index (χ1) is 15.8. The number of piperidine rings is 1. The number of aliphatic hydroxyl groups excluding tert-OH is 1. The van der Waals surface area contributed by atoms with E-state index in [0.717, 1.165) is 12.1 Å². The Morgan fingerprint density at radius 3 is 2.48 bits per heavy atom. The predicted molar refractivity (Wildman–Crippen MR) is 120 cm³/mol. The van der Waals surface area contributed by atoms with Crippen molar-refractivity contribution in [2.45, 2.75) is 30.3 Å². The highest BCUT2D eigenvalue weighted by Gasteiger charge is 2.33. The number of nitrogens with one attached hydrogen (secondary N) is 2. The lowest BCUT2D eigenvalue weighted by Crippen LogP contribution is -2.45. The molecule has 0 unspecified atom stereocenters. The van der Waals surface area contributed by atoms with E-state index in [9.17, 15) is 27.5 Å². The molecule has 1 heterocycles. The largest absolute Gasteiger partial charge is 0.387 e. The van der Waals surface area contributed by atoms with Crippen LogP contribution in [0, 0.1) is 11.7 Å². The van der Waals surface area contributed by atoms with Crippen molar-refractivity contribution in [3.63, 3.8) is 0 Å². The summed E-state index contributed by atoms with van der Waals surface area (Å²) in [6, 6.07) is 13.6. The molecule has 0 spiro atoms. The molecule has 3 rings (SSSR count). The summed E-state index contributed by atoms with van der Waals surface area (Å²) < 4.78 is 40.0. The second kappa shape index (κ2) is 11.4. The van der Waals surface area contributed by atoms with Crippen LogP contribution in [0.1, 0.15) is 30.9 Å². The Labute approximate surface area is 192 Å². The molecule has 0 saturated carbocycles. The van der Waals surface area contributed by atoms with E-state index in [1.165, 1.54) is 16.4 Å². The zero-order valence-electron chi connectivity index (χ0n) is 18.1. The summed E-state index contributed by atoms with van der Waals surface area (Å²) >= 11 is 0. The fourth-order valence-corrected chi connectivity index (χ4v) is 5.19. The van der Waals surface area contributed by atoms with Crippen LogP contribution in [0.15, 0.2) is 59.5 Å². The molecular formula is C23H28FN3O5S. The number of carbonyl (C=O) groups excluding carboxylic acids is 2. The molecular weight excluding hydrogens is 449 g/mol. The van der Waals surface area contributed by atoms with E-state index in [1.54, 1.807) is 24.3 Å². The van der Waals surface area contributed by atoms with Gasteiger partial charge in [-0.15, -0.1) is 0 Å². The minimum Gasteiger partial charge on any atom is -0.387 e. The standard InChI is InChI=1S/C23H28FN3O5S/c24-19-8-10-20(11-9-19)33(31,32)27-14-4-7-18(16-27)23(30)25-13-12-22(29)26-15-21(28)17-5-2-1-3-6-17/h1-3,5-6,8-11,18,21,28H,4,7,12-16H2,(H,25,30)(H,26,29)/t18-,21-/m1/s1. The zero-order chi connectivity index (χ0) is 23.8. The van der Waals surface area contributed by atoms with Crippen LogP contribution in [-0.2, 0) is 19.6 Å². The number of halogens is 1. The van der Waals surface area contributed by atoms with Gasteiger partial charge in [-0.2, -0.15) is 4.31 Å². The van der Waals surface area contributed by atoms with Gasteiger partial charge in [0, 0.05) is 32.6 Å². The van der Waals surface area contributed by atoms with E-state index in [-0.39, 0.29) is 49.3 Å². The maximum absolute atomic E-state index is 13.1. The molecule has 1 aliphatic rings. The molecule has 1 saturated heterocycles. The molecule has 33 heavy (non-hydrogen) atoms. The van der Waals surface area contributed by atoms with E-state index in [4.69, 9.17) is 0 Å².